The van der Waals surface area contributed by atoms with Crippen molar-refractivity contribution in [1.29, 1.82) is 5.26 Å². The van der Waals surface area contributed by atoms with Gasteiger partial charge >= 0.3 is 6.18 Å². The zero-order chi connectivity index (χ0) is 25.4. The molecule has 178 valence electrons. The van der Waals surface area contributed by atoms with Crippen LogP contribution in [0.25, 0.3) is 0 Å². The average molecular weight is 482 g/mol. The van der Waals surface area contributed by atoms with Gasteiger partial charge in [0.1, 0.15) is 12.4 Å². The molecular formula is C24H17F3N4O4. The highest BCUT2D eigenvalue weighted by molar-refractivity contribution is 5.83. The third-order valence-electron chi connectivity index (χ3n) is 4.78. The summed E-state index contributed by atoms with van der Waals surface area (Å²) < 4.78 is 44.0. The summed E-state index contributed by atoms with van der Waals surface area (Å²) in [6, 6.07) is 17.8. The number of ether oxygens (including phenoxy) is 1. The molecule has 0 saturated heterocycles. The molecule has 35 heavy (non-hydrogen) atoms. The fraction of sp³-hybridized carbons (Fsp3) is 0.125. The second kappa shape index (κ2) is 10.9. The van der Waals surface area contributed by atoms with E-state index in [4.69, 9.17) is 10.00 Å². The maximum absolute atomic E-state index is 12.8. The van der Waals surface area contributed by atoms with Crippen LogP contribution in [-0.2, 0) is 24.0 Å². The summed E-state index contributed by atoms with van der Waals surface area (Å²) in [6.07, 6.45) is -3.94. The predicted octanol–water partition coefficient (Wildman–Crippen LogP) is 4.76. The highest BCUT2D eigenvalue weighted by Gasteiger charge is 2.33. The smallest absolute Gasteiger partial charge is 0.416 e. The van der Waals surface area contributed by atoms with Gasteiger partial charge in [0.05, 0.1) is 34.8 Å². The largest absolute Gasteiger partial charge is 0.489 e. The van der Waals surface area contributed by atoms with E-state index in [1.54, 1.807) is 42.5 Å². The lowest BCUT2D eigenvalue weighted by atomic mass is 10.1. The molecule has 0 spiro atoms. The zero-order valence-corrected chi connectivity index (χ0v) is 18.0. The number of benzene rings is 3. The summed E-state index contributed by atoms with van der Waals surface area (Å²) in [4.78, 5) is 22.2. The molecule has 0 saturated carbocycles. The Bertz CT molecular complexity index is 1300. The Balaban J connectivity index is 1.56. The minimum atomic E-state index is -4.74. The molecule has 0 atom stereocenters. The number of nitrogens with one attached hydrogen (secondary N) is 1. The number of hydrogen-bond acceptors (Lipinski definition) is 6. The third kappa shape index (κ3) is 6.88. The summed E-state index contributed by atoms with van der Waals surface area (Å²) in [7, 11) is 0. The van der Waals surface area contributed by atoms with Gasteiger partial charge in [0.25, 0.3) is 5.69 Å². The molecule has 1 amide bonds. The molecule has 0 aliphatic carbocycles. The van der Waals surface area contributed by atoms with E-state index >= 15 is 0 Å². The van der Waals surface area contributed by atoms with Crippen molar-refractivity contribution in [3.8, 4) is 11.8 Å². The normalized spacial score (nSPS) is 11.1. The van der Waals surface area contributed by atoms with Crippen LogP contribution in [0.4, 0.5) is 18.9 Å². The Morgan fingerprint density at radius 3 is 2.49 bits per heavy atom. The van der Waals surface area contributed by atoms with Gasteiger partial charge in [-0.1, -0.05) is 24.3 Å². The molecule has 0 fully saturated rings. The number of halogens is 3. The van der Waals surface area contributed by atoms with E-state index in [1.807, 2.05) is 6.07 Å². The monoisotopic (exact) mass is 482 g/mol. The molecule has 0 heterocycles. The van der Waals surface area contributed by atoms with Crippen LogP contribution in [-0.4, -0.2) is 17.0 Å². The molecule has 0 unspecified atom stereocenters. The van der Waals surface area contributed by atoms with Crippen LogP contribution < -0.4 is 10.2 Å². The first-order chi connectivity index (χ1) is 16.7. The second-order valence-corrected chi connectivity index (χ2v) is 7.19. The molecule has 8 nitrogen and oxygen atoms in total. The van der Waals surface area contributed by atoms with E-state index in [0.29, 0.717) is 29.0 Å². The van der Waals surface area contributed by atoms with Crippen molar-refractivity contribution in [3.05, 3.63) is 105 Å². The van der Waals surface area contributed by atoms with Gasteiger partial charge in [-0.05, 0) is 42.0 Å². The van der Waals surface area contributed by atoms with Gasteiger partial charge in [0.15, 0.2) is 0 Å². The number of amides is 1. The van der Waals surface area contributed by atoms with Crippen molar-refractivity contribution in [2.75, 3.05) is 0 Å². The Morgan fingerprint density at radius 2 is 1.83 bits per heavy atom. The molecule has 0 radical (unpaired) electrons. The van der Waals surface area contributed by atoms with Crippen LogP contribution >= 0.6 is 0 Å². The third-order valence-corrected chi connectivity index (χ3v) is 4.78. The molecule has 3 aromatic carbocycles. The van der Waals surface area contributed by atoms with E-state index < -0.39 is 34.7 Å². The van der Waals surface area contributed by atoms with E-state index in [9.17, 15) is 28.1 Å². The molecule has 11 heteroatoms. The molecule has 0 bridgehead atoms. The van der Waals surface area contributed by atoms with Crippen molar-refractivity contribution in [2.45, 2.75) is 19.2 Å². The number of hydrogen-bond donors (Lipinski definition) is 1. The number of nitro benzene ring substituents is 1. The van der Waals surface area contributed by atoms with Crippen molar-refractivity contribution >= 4 is 17.8 Å². The highest BCUT2D eigenvalue weighted by Crippen LogP contribution is 2.33. The maximum atomic E-state index is 12.8. The fourth-order valence-corrected chi connectivity index (χ4v) is 3.02. The average Bonchev–Trinajstić information content (AvgIpc) is 2.83. The lowest BCUT2D eigenvalue weighted by molar-refractivity contribution is -0.385. The van der Waals surface area contributed by atoms with Crippen LogP contribution in [0.5, 0.6) is 5.75 Å². The lowest BCUT2D eigenvalue weighted by Gasteiger charge is -2.08. The Morgan fingerprint density at radius 1 is 1.11 bits per heavy atom. The van der Waals surface area contributed by atoms with Crippen LogP contribution in [0.15, 0.2) is 71.8 Å². The number of carbonyl (C=O) groups is 1. The van der Waals surface area contributed by atoms with E-state index in [0.717, 1.165) is 11.6 Å². The number of alkyl halides is 3. The number of nitriles is 1. The topological polar surface area (TPSA) is 118 Å². The summed E-state index contributed by atoms with van der Waals surface area (Å²) in [5.41, 5.74) is 1.92. The molecule has 3 aromatic rings. The van der Waals surface area contributed by atoms with E-state index in [-0.39, 0.29) is 12.2 Å². The number of rotatable bonds is 8. The van der Waals surface area contributed by atoms with Crippen molar-refractivity contribution in [2.24, 2.45) is 5.10 Å². The predicted molar refractivity (Wildman–Crippen MR) is 119 cm³/mol. The zero-order valence-electron chi connectivity index (χ0n) is 18.0. The molecule has 3 rings (SSSR count). The Hall–Kier alpha value is -4.72. The van der Waals surface area contributed by atoms with Crippen LogP contribution in [0.3, 0.4) is 0 Å². The first kappa shape index (κ1) is 24.9. The van der Waals surface area contributed by atoms with Gasteiger partial charge < -0.3 is 4.74 Å². The van der Waals surface area contributed by atoms with Crippen LogP contribution in [0.1, 0.15) is 27.8 Å². The van der Waals surface area contributed by atoms with Gasteiger partial charge in [-0.15, -0.1) is 0 Å². The first-order valence-corrected chi connectivity index (χ1v) is 10.0. The van der Waals surface area contributed by atoms with E-state index in [1.165, 1.54) is 6.21 Å². The molecule has 0 aliphatic rings. The molecular weight excluding hydrogens is 465 g/mol. The standard InChI is InChI=1S/C24H17F3N4O4/c25-24(26,27)20-8-7-17(22(12-20)31(33)34)11-23(32)30-29-14-16-5-9-21(10-6-16)35-15-19-4-2-1-3-18(19)13-28/h1-10,12,14H,11,15H2,(H,30,32)/b29-14-. The summed E-state index contributed by atoms with van der Waals surface area (Å²) in [6.45, 7) is 0.212. The minimum Gasteiger partial charge on any atom is -0.489 e. The van der Waals surface area contributed by atoms with Gasteiger partial charge in [-0.2, -0.15) is 23.5 Å². The van der Waals surface area contributed by atoms with Crippen LogP contribution in [0.2, 0.25) is 0 Å². The Kier molecular flexibility index (Phi) is 7.78. The van der Waals surface area contributed by atoms with Gasteiger partial charge in [-0.25, -0.2) is 5.43 Å². The van der Waals surface area contributed by atoms with Gasteiger partial charge in [0, 0.05) is 17.2 Å². The summed E-state index contributed by atoms with van der Waals surface area (Å²) >= 11 is 0. The molecule has 1 N–H and O–H groups in total. The Labute approximate surface area is 197 Å². The van der Waals surface area contributed by atoms with Crippen molar-refractivity contribution in [1.82, 2.24) is 5.43 Å². The maximum Gasteiger partial charge on any atom is 0.416 e. The highest BCUT2D eigenvalue weighted by atomic mass is 19.4. The van der Waals surface area contributed by atoms with Crippen molar-refractivity contribution in [3.63, 3.8) is 0 Å². The van der Waals surface area contributed by atoms with E-state index in [2.05, 4.69) is 16.6 Å². The minimum absolute atomic E-state index is 0.171. The number of nitro groups is 1. The lowest BCUT2D eigenvalue weighted by Crippen LogP contribution is -2.20. The van der Waals surface area contributed by atoms with Gasteiger partial charge in [-0.3, -0.25) is 14.9 Å². The summed E-state index contributed by atoms with van der Waals surface area (Å²) in [5, 5.41) is 24.0. The SMILES string of the molecule is N#Cc1ccccc1COc1ccc(/C=N\NC(=O)Cc2ccc(C(F)(F)F)cc2[N+](=O)[O-])cc1. The number of carbonyl (C=O) groups excluding carboxylic acids is 1. The van der Waals surface area contributed by atoms with Gasteiger partial charge in [0.2, 0.25) is 5.91 Å². The molecule has 0 aromatic heterocycles. The number of nitrogens with zero attached hydrogens (tertiary/aromatic N) is 3. The molecule has 0 aliphatic heterocycles. The fourth-order valence-electron chi connectivity index (χ4n) is 3.02. The summed E-state index contributed by atoms with van der Waals surface area (Å²) in [5.74, 6) is -0.186. The number of hydrazone groups is 1. The first-order valence-electron chi connectivity index (χ1n) is 10.0. The van der Waals surface area contributed by atoms with Crippen LogP contribution in [0, 0.1) is 21.4 Å². The van der Waals surface area contributed by atoms with Crippen molar-refractivity contribution < 1.29 is 27.6 Å². The quantitative estimate of drug-likeness (QED) is 0.282. The second-order valence-electron chi connectivity index (χ2n) is 7.19.